The summed E-state index contributed by atoms with van der Waals surface area (Å²) in [4.78, 5) is 14.1. The molecule has 4 heteroatoms. The van der Waals surface area contributed by atoms with Crippen molar-refractivity contribution in [2.75, 3.05) is 5.73 Å². The lowest BCUT2D eigenvalue weighted by Gasteiger charge is -2.16. The largest absolute Gasteiger partial charge is 0.393 e. The molecule has 0 saturated heterocycles. The number of aromatic nitrogens is 1. The van der Waals surface area contributed by atoms with Crippen molar-refractivity contribution in [1.29, 1.82) is 5.26 Å². The maximum atomic E-state index is 11.3. The van der Waals surface area contributed by atoms with Crippen molar-refractivity contribution >= 4 is 5.69 Å². The number of nitrogens with zero attached hydrogens (tertiary/aromatic N) is 1. The third kappa shape index (κ3) is 1.18. The van der Waals surface area contributed by atoms with Gasteiger partial charge in [-0.1, -0.05) is 0 Å². The molecular formula is C10H11N3O. The highest BCUT2D eigenvalue weighted by molar-refractivity contribution is 5.58. The SMILES string of the molecule is N#Cc1c2c([nH]c(=O)c1N)CCCC2. The van der Waals surface area contributed by atoms with Crippen LogP contribution in [-0.2, 0) is 12.8 Å². The second kappa shape index (κ2) is 3.18. The van der Waals surface area contributed by atoms with Gasteiger partial charge >= 0.3 is 0 Å². The van der Waals surface area contributed by atoms with E-state index in [4.69, 9.17) is 11.0 Å². The highest BCUT2D eigenvalue weighted by atomic mass is 16.1. The van der Waals surface area contributed by atoms with Gasteiger partial charge in [0, 0.05) is 5.69 Å². The van der Waals surface area contributed by atoms with Crippen LogP contribution < -0.4 is 11.3 Å². The first-order chi connectivity index (χ1) is 6.74. The van der Waals surface area contributed by atoms with E-state index >= 15 is 0 Å². The monoisotopic (exact) mass is 189 g/mol. The number of H-pyrrole nitrogens is 1. The van der Waals surface area contributed by atoms with Crippen LogP contribution in [0.3, 0.4) is 0 Å². The summed E-state index contributed by atoms with van der Waals surface area (Å²) in [6.07, 6.45) is 3.82. The summed E-state index contributed by atoms with van der Waals surface area (Å²) in [6, 6.07) is 2.02. The number of nitriles is 1. The summed E-state index contributed by atoms with van der Waals surface area (Å²) in [5.74, 6) is 0. The second-order valence-corrected chi connectivity index (χ2v) is 3.52. The summed E-state index contributed by atoms with van der Waals surface area (Å²) >= 11 is 0. The Hall–Kier alpha value is -1.76. The van der Waals surface area contributed by atoms with E-state index in [-0.39, 0.29) is 11.2 Å². The fourth-order valence-electron chi connectivity index (χ4n) is 1.93. The first-order valence-corrected chi connectivity index (χ1v) is 4.67. The normalized spacial score (nSPS) is 14.5. The quantitative estimate of drug-likeness (QED) is 0.630. The molecule has 4 nitrogen and oxygen atoms in total. The van der Waals surface area contributed by atoms with E-state index < -0.39 is 0 Å². The molecule has 0 bridgehead atoms. The van der Waals surface area contributed by atoms with E-state index in [1.165, 1.54) is 0 Å². The molecule has 0 aromatic carbocycles. The van der Waals surface area contributed by atoms with Crippen molar-refractivity contribution in [3.63, 3.8) is 0 Å². The Balaban J connectivity index is 2.74. The van der Waals surface area contributed by atoms with E-state index in [1.807, 2.05) is 6.07 Å². The van der Waals surface area contributed by atoms with Gasteiger partial charge in [-0.25, -0.2) is 0 Å². The van der Waals surface area contributed by atoms with Crippen molar-refractivity contribution in [2.45, 2.75) is 25.7 Å². The van der Waals surface area contributed by atoms with E-state index in [9.17, 15) is 4.79 Å². The van der Waals surface area contributed by atoms with E-state index in [2.05, 4.69) is 4.98 Å². The summed E-state index contributed by atoms with van der Waals surface area (Å²) in [6.45, 7) is 0. The number of nitrogens with two attached hydrogens (primary N) is 1. The van der Waals surface area contributed by atoms with Crippen LogP contribution in [-0.4, -0.2) is 4.98 Å². The third-order valence-electron chi connectivity index (χ3n) is 2.66. The maximum Gasteiger partial charge on any atom is 0.272 e. The minimum Gasteiger partial charge on any atom is -0.393 e. The van der Waals surface area contributed by atoms with E-state index in [0.717, 1.165) is 36.9 Å². The maximum absolute atomic E-state index is 11.3. The molecule has 1 heterocycles. The molecule has 0 aliphatic heterocycles. The molecule has 2 rings (SSSR count). The summed E-state index contributed by atoms with van der Waals surface area (Å²) in [5.41, 5.74) is 7.50. The zero-order chi connectivity index (χ0) is 10.1. The number of aromatic amines is 1. The van der Waals surface area contributed by atoms with E-state index in [0.29, 0.717) is 5.56 Å². The Morgan fingerprint density at radius 3 is 2.79 bits per heavy atom. The molecule has 0 radical (unpaired) electrons. The molecular weight excluding hydrogens is 178 g/mol. The fraction of sp³-hybridized carbons (Fsp3) is 0.400. The standard InChI is InChI=1S/C10H11N3O/c11-5-7-6-3-1-2-4-8(6)13-10(14)9(7)12/h1-4,12H2,(H,13,14). The summed E-state index contributed by atoms with van der Waals surface area (Å²) in [7, 11) is 0. The summed E-state index contributed by atoms with van der Waals surface area (Å²) in [5, 5.41) is 8.92. The van der Waals surface area contributed by atoms with E-state index in [1.54, 1.807) is 0 Å². The van der Waals surface area contributed by atoms with Gasteiger partial charge in [0.2, 0.25) is 0 Å². The van der Waals surface area contributed by atoms with Gasteiger partial charge in [-0.05, 0) is 31.2 Å². The van der Waals surface area contributed by atoms with Gasteiger partial charge < -0.3 is 10.7 Å². The molecule has 0 unspecified atom stereocenters. The van der Waals surface area contributed by atoms with Crippen molar-refractivity contribution in [3.05, 3.63) is 27.2 Å². The van der Waals surface area contributed by atoms with Crippen molar-refractivity contribution in [2.24, 2.45) is 0 Å². The number of anilines is 1. The lowest BCUT2D eigenvalue weighted by Crippen LogP contribution is -2.21. The Bertz CT molecular complexity index is 467. The molecule has 0 atom stereocenters. The van der Waals surface area contributed by atoms with Crippen LogP contribution in [0.1, 0.15) is 29.7 Å². The molecule has 0 spiro atoms. The highest BCUT2D eigenvalue weighted by Crippen LogP contribution is 2.23. The Kier molecular flexibility index (Phi) is 2.01. The van der Waals surface area contributed by atoms with Crippen LogP contribution in [0.15, 0.2) is 4.79 Å². The lowest BCUT2D eigenvalue weighted by atomic mass is 9.92. The van der Waals surface area contributed by atoms with Gasteiger partial charge in [0.25, 0.3) is 5.56 Å². The van der Waals surface area contributed by atoms with Crippen LogP contribution in [0.4, 0.5) is 5.69 Å². The minimum atomic E-state index is -0.331. The Labute approximate surface area is 81.4 Å². The number of nitrogens with one attached hydrogen (secondary N) is 1. The predicted octanol–water partition coefficient (Wildman–Crippen LogP) is 0.708. The summed E-state index contributed by atoms with van der Waals surface area (Å²) < 4.78 is 0. The highest BCUT2D eigenvalue weighted by Gasteiger charge is 2.17. The average Bonchev–Trinajstić information content (AvgIpc) is 2.20. The molecule has 1 aliphatic rings. The molecule has 0 saturated carbocycles. The number of fused-ring (bicyclic) bond motifs is 1. The number of hydrogen-bond donors (Lipinski definition) is 2. The first-order valence-electron chi connectivity index (χ1n) is 4.67. The first kappa shape index (κ1) is 8.82. The molecule has 3 N–H and O–H groups in total. The molecule has 0 fully saturated rings. The molecule has 1 aromatic rings. The number of pyridine rings is 1. The average molecular weight is 189 g/mol. The zero-order valence-corrected chi connectivity index (χ0v) is 7.76. The Morgan fingerprint density at radius 2 is 2.07 bits per heavy atom. The molecule has 14 heavy (non-hydrogen) atoms. The third-order valence-corrected chi connectivity index (χ3v) is 2.66. The van der Waals surface area contributed by atoms with Gasteiger partial charge in [-0.15, -0.1) is 0 Å². The number of hydrogen-bond acceptors (Lipinski definition) is 3. The number of rotatable bonds is 0. The topological polar surface area (TPSA) is 82.7 Å². The van der Waals surface area contributed by atoms with Gasteiger partial charge in [0.05, 0.1) is 5.56 Å². The van der Waals surface area contributed by atoms with Crippen LogP contribution in [0.5, 0.6) is 0 Å². The van der Waals surface area contributed by atoms with Crippen LogP contribution >= 0.6 is 0 Å². The van der Waals surface area contributed by atoms with Crippen molar-refractivity contribution < 1.29 is 0 Å². The zero-order valence-electron chi connectivity index (χ0n) is 7.76. The van der Waals surface area contributed by atoms with Gasteiger partial charge in [-0.2, -0.15) is 5.26 Å². The molecule has 72 valence electrons. The number of aryl methyl sites for hydroxylation is 1. The molecule has 1 aromatic heterocycles. The lowest BCUT2D eigenvalue weighted by molar-refractivity contribution is 0.664. The molecule has 0 amide bonds. The predicted molar refractivity (Wildman–Crippen MR) is 52.8 cm³/mol. The fourth-order valence-corrected chi connectivity index (χ4v) is 1.93. The molecule has 1 aliphatic carbocycles. The van der Waals surface area contributed by atoms with Crippen LogP contribution in [0, 0.1) is 11.3 Å². The van der Waals surface area contributed by atoms with Gasteiger partial charge in [0.15, 0.2) is 0 Å². The Morgan fingerprint density at radius 1 is 1.36 bits per heavy atom. The van der Waals surface area contributed by atoms with Gasteiger partial charge in [0.1, 0.15) is 11.8 Å². The van der Waals surface area contributed by atoms with Crippen molar-refractivity contribution in [1.82, 2.24) is 4.98 Å². The van der Waals surface area contributed by atoms with Crippen LogP contribution in [0.25, 0.3) is 0 Å². The smallest absolute Gasteiger partial charge is 0.272 e. The van der Waals surface area contributed by atoms with Gasteiger partial charge in [-0.3, -0.25) is 4.79 Å². The van der Waals surface area contributed by atoms with Crippen molar-refractivity contribution in [3.8, 4) is 6.07 Å². The van der Waals surface area contributed by atoms with Crippen LogP contribution in [0.2, 0.25) is 0 Å². The second-order valence-electron chi connectivity index (χ2n) is 3.52. The minimum absolute atomic E-state index is 0.0631. The number of nitrogen functional groups attached to an aromatic ring is 1.